The molecule has 1 aromatic carbocycles. The Morgan fingerprint density at radius 2 is 1.96 bits per heavy atom. The van der Waals surface area contributed by atoms with Crippen LogP contribution in [0.15, 0.2) is 29.8 Å². The van der Waals surface area contributed by atoms with Crippen LogP contribution >= 0.6 is 0 Å². The van der Waals surface area contributed by atoms with Crippen LogP contribution in [0.4, 0.5) is 5.69 Å². The number of ketones is 1. The zero-order chi connectivity index (χ0) is 21.3. The number of benzene rings is 1. The minimum absolute atomic E-state index is 0.156. The van der Waals surface area contributed by atoms with Crippen molar-refractivity contribution >= 4 is 29.4 Å². The third-order valence-electron chi connectivity index (χ3n) is 3.97. The van der Waals surface area contributed by atoms with E-state index in [0.29, 0.717) is 5.56 Å². The standard InChI is InChI=1S/C20H26N2O6/c1-5-6-10-28-20(25)18(13(2)3)21-19(24)17(14(4)23)12-15-8-7-9-16(11-15)22(26)27/h7-9,11-13,18H,5-6,10H2,1-4H3,(H,21,24). The van der Waals surface area contributed by atoms with Crippen molar-refractivity contribution in [3.05, 3.63) is 45.5 Å². The lowest BCUT2D eigenvalue weighted by Gasteiger charge is -2.21. The van der Waals surface area contributed by atoms with Gasteiger partial charge in [-0.15, -0.1) is 0 Å². The maximum absolute atomic E-state index is 12.6. The van der Waals surface area contributed by atoms with Crippen molar-refractivity contribution in [1.29, 1.82) is 0 Å². The van der Waals surface area contributed by atoms with Crippen LogP contribution in [0, 0.1) is 16.0 Å². The van der Waals surface area contributed by atoms with E-state index in [1.165, 1.54) is 31.2 Å². The number of amides is 1. The second-order valence-corrected chi connectivity index (χ2v) is 6.68. The highest BCUT2D eigenvalue weighted by Gasteiger charge is 2.28. The number of carbonyl (C=O) groups excluding carboxylic acids is 3. The number of nitro benzene ring substituents is 1. The predicted octanol–water partition coefficient (Wildman–Crippen LogP) is 3.05. The summed E-state index contributed by atoms with van der Waals surface area (Å²) in [5, 5.41) is 13.4. The highest BCUT2D eigenvalue weighted by atomic mass is 16.6. The van der Waals surface area contributed by atoms with Gasteiger partial charge in [0.05, 0.1) is 17.1 Å². The molecule has 0 spiro atoms. The van der Waals surface area contributed by atoms with Crippen LogP contribution < -0.4 is 5.32 Å². The smallest absolute Gasteiger partial charge is 0.328 e. The molecule has 0 radical (unpaired) electrons. The van der Waals surface area contributed by atoms with Gasteiger partial charge in [-0.1, -0.05) is 39.3 Å². The van der Waals surface area contributed by atoms with Crippen LogP contribution in [0.1, 0.15) is 46.1 Å². The summed E-state index contributed by atoms with van der Waals surface area (Å²) in [6, 6.07) is 4.67. The topological polar surface area (TPSA) is 116 Å². The van der Waals surface area contributed by atoms with Crippen molar-refractivity contribution in [3.63, 3.8) is 0 Å². The normalized spacial score (nSPS) is 12.4. The lowest BCUT2D eigenvalue weighted by atomic mass is 10.0. The van der Waals surface area contributed by atoms with Gasteiger partial charge in [0.25, 0.3) is 11.6 Å². The van der Waals surface area contributed by atoms with Crippen molar-refractivity contribution < 1.29 is 24.0 Å². The number of hydrogen-bond acceptors (Lipinski definition) is 6. The Hall–Kier alpha value is -3.03. The predicted molar refractivity (Wildman–Crippen MR) is 104 cm³/mol. The van der Waals surface area contributed by atoms with Crippen LogP contribution in [-0.4, -0.2) is 35.2 Å². The molecule has 1 rings (SSSR count). The van der Waals surface area contributed by atoms with Crippen LogP contribution in [0.5, 0.6) is 0 Å². The number of hydrogen-bond donors (Lipinski definition) is 1. The van der Waals surface area contributed by atoms with E-state index in [1.54, 1.807) is 19.9 Å². The first-order chi connectivity index (χ1) is 13.2. The summed E-state index contributed by atoms with van der Waals surface area (Å²) in [7, 11) is 0. The summed E-state index contributed by atoms with van der Waals surface area (Å²) < 4.78 is 5.17. The summed E-state index contributed by atoms with van der Waals surface area (Å²) in [6.45, 7) is 6.95. The number of unbranched alkanes of at least 4 members (excludes halogenated alkanes) is 1. The van der Waals surface area contributed by atoms with E-state index < -0.39 is 28.6 Å². The molecule has 0 aromatic heterocycles. The van der Waals surface area contributed by atoms with Gasteiger partial charge in [0.1, 0.15) is 6.04 Å². The highest BCUT2D eigenvalue weighted by Crippen LogP contribution is 2.17. The summed E-state index contributed by atoms with van der Waals surface area (Å²) in [5.41, 5.74) is -0.0229. The van der Waals surface area contributed by atoms with Crippen molar-refractivity contribution in [2.45, 2.75) is 46.6 Å². The fourth-order valence-electron chi connectivity index (χ4n) is 2.35. The molecular formula is C20H26N2O6. The average molecular weight is 390 g/mol. The number of carbonyl (C=O) groups is 3. The largest absolute Gasteiger partial charge is 0.464 e. The zero-order valence-electron chi connectivity index (χ0n) is 16.6. The van der Waals surface area contributed by atoms with Gasteiger partial charge in [0.2, 0.25) is 0 Å². The molecule has 0 fully saturated rings. The average Bonchev–Trinajstić information content (AvgIpc) is 2.63. The summed E-state index contributed by atoms with van der Waals surface area (Å²) >= 11 is 0. The van der Waals surface area contributed by atoms with Gasteiger partial charge >= 0.3 is 5.97 Å². The van der Waals surface area contributed by atoms with E-state index >= 15 is 0 Å². The number of ether oxygens (including phenoxy) is 1. The van der Waals surface area contributed by atoms with Crippen molar-refractivity contribution in [3.8, 4) is 0 Å². The fraction of sp³-hybridized carbons (Fsp3) is 0.450. The van der Waals surface area contributed by atoms with E-state index in [0.717, 1.165) is 12.8 Å². The lowest BCUT2D eigenvalue weighted by Crippen LogP contribution is -2.46. The lowest BCUT2D eigenvalue weighted by molar-refractivity contribution is -0.384. The van der Waals surface area contributed by atoms with Gasteiger partial charge in [0, 0.05) is 12.1 Å². The second kappa shape index (κ2) is 11.0. The molecule has 0 bridgehead atoms. The molecule has 1 atom stereocenters. The molecule has 0 aliphatic rings. The molecule has 1 amide bonds. The Kier molecular flexibility index (Phi) is 9.01. The Bertz CT molecular complexity index is 770. The SMILES string of the molecule is CCCCOC(=O)C(NC(=O)C(=Cc1cccc([N+](=O)[O-])c1)C(C)=O)C(C)C. The Balaban J connectivity index is 3.05. The molecule has 0 saturated heterocycles. The molecule has 0 saturated carbocycles. The van der Waals surface area contributed by atoms with Crippen LogP contribution in [0.2, 0.25) is 0 Å². The van der Waals surface area contributed by atoms with Gasteiger partial charge in [-0.05, 0) is 30.9 Å². The third-order valence-corrected chi connectivity index (χ3v) is 3.97. The van der Waals surface area contributed by atoms with Gasteiger partial charge in [-0.2, -0.15) is 0 Å². The third kappa shape index (κ3) is 6.94. The quantitative estimate of drug-likeness (QED) is 0.125. The van der Waals surface area contributed by atoms with E-state index in [2.05, 4.69) is 5.32 Å². The van der Waals surface area contributed by atoms with Gasteiger partial charge in [-0.3, -0.25) is 19.7 Å². The number of esters is 1. The van der Waals surface area contributed by atoms with Crippen LogP contribution in [-0.2, 0) is 19.1 Å². The molecular weight excluding hydrogens is 364 g/mol. The molecule has 1 aromatic rings. The number of nitro groups is 1. The Morgan fingerprint density at radius 1 is 1.29 bits per heavy atom. The van der Waals surface area contributed by atoms with E-state index in [4.69, 9.17) is 4.74 Å². The Labute approximate surface area is 164 Å². The van der Waals surface area contributed by atoms with Gasteiger partial charge in [-0.25, -0.2) is 4.79 Å². The molecule has 0 aliphatic heterocycles. The maximum Gasteiger partial charge on any atom is 0.328 e. The second-order valence-electron chi connectivity index (χ2n) is 6.68. The van der Waals surface area contributed by atoms with Crippen LogP contribution in [0.3, 0.4) is 0 Å². The number of nitrogens with zero attached hydrogens (tertiary/aromatic N) is 1. The number of Topliss-reactive ketones (excluding diaryl/α,β-unsaturated/α-hetero) is 1. The summed E-state index contributed by atoms with van der Waals surface area (Å²) in [5.74, 6) is -2.06. The molecule has 28 heavy (non-hydrogen) atoms. The first-order valence-corrected chi connectivity index (χ1v) is 9.12. The van der Waals surface area contributed by atoms with E-state index in [9.17, 15) is 24.5 Å². The molecule has 1 N–H and O–H groups in total. The van der Waals surface area contributed by atoms with Gasteiger partial charge in [0.15, 0.2) is 5.78 Å². The number of rotatable bonds is 10. The Morgan fingerprint density at radius 3 is 2.50 bits per heavy atom. The van der Waals surface area contributed by atoms with E-state index in [-0.39, 0.29) is 23.8 Å². The van der Waals surface area contributed by atoms with Crippen molar-refractivity contribution in [2.24, 2.45) is 5.92 Å². The monoisotopic (exact) mass is 390 g/mol. The molecule has 152 valence electrons. The minimum atomic E-state index is -0.905. The maximum atomic E-state index is 12.6. The summed E-state index contributed by atoms with van der Waals surface area (Å²) in [4.78, 5) is 47.2. The molecule has 8 nitrogen and oxygen atoms in total. The fourth-order valence-corrected chi connectivity index (χ4v) is 2.35. The first-order valence-electron chi connectivity index (χ1n) is 9.12. The van der Waals surface area contributed by atoms with Crippen LogP contribution in [0.25, 0.3) is 6.08 Å². The number of nitrogens with one attached hydrogen (secondary N) is 1. The molecule has 0 heterocycles. The number of non-ortho nitro benzene ring substituents is 1. The molecule has 8 heteroatoms. The molecule has 0 aliphatic carbocycles. The highest BCUT2D eigenvalue weighted by molar-refractivity contribution is 6.22. The zero-order valence-corrected chi connectivity index (χ0v) is 16.6. The first kappa shape index (κ1) is 23.0. The summed E-state index contributed by atoms with van der Waals surface area (Å²) in [6.07, 6.45) is 2.85. The van der Waals surface area contributed by atoms with Gasteiger partial charge < -0.3 is 10.1 Å². The minimum Gasteiger partial charge on any atom is -0.464 e. The molecule has 1 unspecified atom stereocenters. The van der Waals surface area contributed by atoms with Crippen molar-refractivity contribution in [2.75, 3.05) is 6.61 Å². The van der Waals surface area contributed by atoms with Crippen molar-refractivity contribution in [1.82, 2.24) is 5.32 Å². The van der Waals surface area contributed by atoms with E-state index in [1.807, 2.05) is 6.92 Å².